The van der Waals surface area contributed by atoms with E-state index in [-0.39, 0.29) is 17.1 Å². The van der Waals surface area contributed by atoms with Crippen molar-refractivity contribution in [3.63, 3.8) is 0 Å². The van der Waals surface area contributed by atoms with Crippen LogP contribution < -0.4 is 10.1 Å². The predicted octanol–water partition coefficient (Wildman–Crippen LogP) is 4.33. The standard InChI is InChI=1S/C19H17BrN2O3/c1-11-5-4-6-16(12(11)2)22-19(24)14(10-21)7-13-8-15(20)18(23)17(9-13)25-3/h4-9,23H,1-3H3,(H,22,24)/b14-7+. The molecule has 0 aromatic heterocycles. The molecule has 2 aromatic rings. The summed E-state index contributed by atoms with van der Waals surface area (Å²) >= 11 is 3.22. The number of hydrogen-bond donors (Lipinski definition) is 2. The Balaban J connectivity index is 2.34. The molecule has 0 radical (unpaired) electrons. The van der Waals surface area contributed by atoms with Crippen molar-refractivity contribution < 1.29 is 14.6 Å². The molecule has 5 nitrogen and oxygen atoms in total. The number of aryl methyl sites for hydroxylation is 1. The van der Waals surface area contributed by atoms with Crippen LogP contribution in [-0.4, -0.2) is 18.1 Å². The van der Waals surface area contributed by atoms with Crippen LogP contribution >= 0.6 is 15.9 Å². The average molecular weight is 401 g/mol. The fraction of sp³-hybridized carbons (Fsp3) is 0.158. The van der Waals surface area contributed by atoms with E-state index in [1.54, 1.807) is 18.2 Å². The van der Waals surface area contributed by atoms with Crippen molar-refractivity contribution in [2.24, 2.45) is 0 Å². The SMILES string of the molecule is COc1cc(/C=C(\C#N)C(=O)Nc2cccc(C)c2C)cc(Br)c1O. The number of amides is 1. The zero-order valence-corrected chi connectivity index (χ0v) is 15.6. The number of phenols is 1. The number of hydrogen-bond acceptors (Lipinski definition) is 4. The third kappa shape index (κ3) is 4.20. The molecule has 0 aliphatic carbocycles. The number of ether oxygens (including phenoxy) is 1. The molecule has 128 valence electrons. The van der Waals surface area contributed by atoms with Crippen molar-refractivity contribution in [2.45, 2.75) is 13.8 Å². The number of nitrogens with zero attached hydrogens (tertiary/aromatic N) is 1. The second-order valence-corrected chi connectivity index (χ2v) is 6.28. The average Bonchev–Trinajstić information content (AvgIpc) is 2.59. The highest BCUT2D eigenvalue weighted by atomic mass is 79.9. The summed E-state index contributed by atoms with van der Waals surface area (Å²) in [4.78, 5) is 12.4. The molecule has 25 heavy (non-hydrogen) atoms. The molecule has 0 spiro atoms. The van der Waals surface area contributed by atoms with E-state index in [1.807, 2.05) is 32.0 Å². The van der Waals surface area contributed by atoms with Gasteiger partial charge in [-0.05, 0) is 70.7 Å². The van der Waals surface area contributed by atoms with Gasteiger partial charge in [0.1, 0.15) is 11.6 Å². The van der Waals surface area contributed by atoms with Gasteiger partial charge >= 0.3 is 0 Å². The highest BCUT2D eigenvalue weighted by molar-refractivity contribution is 9.10. The summed E-state index contributed by atoms with van der Waals surface area (Å²) in [7, 11) is 1.42. The Morgan fingerprint density at radius 1 is 1.36 bits per heavy atom. The number of aromatic hydroxyl groups is 1. The van der Waals surface area contributed by atoms with Crippen molar-refractivity contribution in [1.82, 2.24) is 0 Å². The molecule has 1 amide bonds. The van der Waals surface area contributed by atoms with Gasteiger partial charge in [-0.3, -0.25) is 4.79 Å². The highest BCUT2D eigenvalue weighted by Gasteiger charge is 2.13. The number of carbonyl (C=O) groups excluding carboxylic acids is 1. The number of benzene rings is 2. The molecule has 0 saturated carbocycles. The van der Waals surface area contributed by atoms with Gasteiger partial charge in [0.25, 0.3) is 5.91 Å². The maximum absolute atomic E-state index is 12.4. The van der Waals surface area contributed by atoms with E-state index in [0.29, 0.717) is 15.7 Å². The number of anilines is 1. The molecule has 0 heterocycles. The fourth-order valence-corrected chi connectivity index (χ4v) is 2.68. The Morgan fingerprint density at radius 3 is 2.72 bits per heavy atom. The minimum absolute atomic E-state index is 0.0435. The summed E-state index contributed by atoms with van der Waals surface area (Å²) in [6.07, 6.45) is 1.44. The van der Waals surface area contributed by atoms with Crippen LogP contribution in [-0.2, 0) is 4.79 Å². The van der Waals surface area contributed by atoms with Crippen LogP contribution in [0.4, 0.5) is 5.69 Å². The van der Waals surface area contributed by atoms with Gasteiger partial charge in [0.2, 0.25) is 0 Å². The van der Waals surface area contributed by atoms with E-state index < -0.39 is 5.91 Å². The number of carbonyl (C=O) groups is 1. The molecule has 6 heteroatoms. The molecular formula is C19H17BrN2O3. The van der Waals surface area contributed by atoms with Gasteiger partial charge in [0, 0.05) is 5.69 Å². The maximum atomic E-state index is 12.4. The first-order valence-electron chi connectivity index (χ1n) is 7.43. The van der Waals surface area contributed by atoms with Gasteiger partial charge in [0.05, 0.1) is 11.6 Å². The molecule has 0 unspecified atom stereocenters. The van der Waals surface area contributed by atoms with E-state index in [9.17, 15) is 15.2 Å². The van der Waals surface area contributed by atoms with Gasteiger partial charge in [0.15, 0.2) is 11.5 Å². The second kappa shape index (κ2) is 7.86. The van der Waals surface area contributed by atoms with Crippen molar-refractivity contribution in [3.05, 3.63) is 57.1 Å². The molecule has 0 aliphatic heterocycles. The molecule has 0 saturated heterocycles. The van der Waals surface area contributed by atoms with Crippen LogP contribution in [0.25, 0.3) is 6.08 Å². The molecule has 0 bridgehead atoms. The first-order chi connectivity index (χ1) is 11.9. The van der Waals surface area contributed by atoms with E-state index >= 15 is 0 Å². The van der Waals surface area contributed by atoms with E-state index in [2.05, 4.69) is 21.2 Å². The summed E-state index contributed by atoms with van der Waals surface area (Å²) in [5.41, 5.74) is 3.15. The van der Waals surface area contributed by atoms with Crippen LogP contribution in [0.1, 0.15) is 16.7 Å². The smallest absolute Gasteiger partial charge is 0.266 e. The topological polar surface area (TPSA) is 82.3 Å². The Bertz CT molecular complexity index is 898. The highest BCUT2D eigenvalue weighted by Crippen LogP contribution is 2.35. The number of phenolic OH excluding ortho intramolecular Hbond substituents is 1. The Morgan fingerprint density at radius 2 is 2.08 bits per heavy atom. The van der Waals surface area contributed by atoms with Crippen LogP contribution in [0.15, 0.2) is 40.4 Å². The van der Waals surface area contributed by atoms with Crippen LogP contribution in [0.5, 0.6) is 11.5 Å². The summed E-state index contributed by atoms with van der Waals surface area (Å²) in [6, 6.07) is 10.6. The summed E-state index contributed by atoms with van der Waals surface area (Å²) in [6.45, 7) is 3.86. The quantitative estimate of drug-likeness (QED) is 0.590. The van der Waals surface area contributed by atoms with E-state index in [0.717, 1.165) is 11.1 Å². The minimum Gasteiger partial charge on any atom is -0.503 e. The number of nitriles is 1. The van der Waals surface area contributed by atoms with Gasteiger partial charge in [-0.15, -0.1) is 0 Å². The zero-order chi connectivity index (χ0) is 18.6. The largest absolute Gasteiger partial charge is 0.503 e. The molecule has 0 fully saturated rings. The van der Waals surface area contributed by atoms with Gasteiger partial charge in [-0.1, -0.05) is 12.1 Å². The third-order valence-corrected chi connectivity index (χ3v) is 4.40. The minimum atomic E-state index is -0.501. The number of methoxy groups -OCH3 is 1. The number of rotatable bonds is 4. The lowest BCUT2D eigenvalue weighted by molar-refractivity contribution is -0.112. The molecule has 0 atom stereocenters. The maximum Gasteiger partial charge on any atom is 0.266 e. The van der Waals surface area contributed by atoms with Crippen molar-refractivity contribution in [3.8, 4) is 17.6 Å². The summed E-state index contributed by atoms with van der Waals surface area (Å²) < 4.78 is 5.48. The Kier molecular flexibility index (Phi) is 5.84. The zero-order valence-electron chi connectivity index (χ0n) is 14.1. The number of nitrogens with one attached hydrogen (secondary N) is 1. The second-order valence-electron chi connectivity index (χ2n) is 5.43. The lowest BCUT2D eigenvalue weighted by Crippen LogP contribution is -2.14. The first kappa shape index (κ1) is 18.6. The van der Waals surface area contributed by atoms with E-state index in [1.165, 1.54) is 13.2 Å². The fourth-order valence-electron chi connectivity index (χ4n) is 2.22. The normalized spacial score (nSPS) is 10.9. The lowest BCUT2D eigenvalue weighted by Gasteiger charge is -2.10. The summed E-state index contributed by atoms with van der Waals surface area (Å²) in [5.74, 6) is -0.301. The predicted molar refractivity (Wildman–Crippen MR) is 100 cm³/mol. The molecule has 2 N–H and O–H groups in total. The van der Waals surface area contributed by atoms with Crippen molar-refractivity contribution >= 4 is 33.6 Å². The number of halogens is 1. The molecule has 0 aliphatic rings. The first-order valence-corrected chi connectivity index (χ1v) is 8.22. The lowest BCUT2D eigenvalue weighted by atomic mass is 10.1. The monoisotopic (exact) mass is 400 g/mol. The van der Waals surface area contributed by atoms with Gasteiger partial charge in [-0.2, -0.15) is 5.26 Å². The van der Waals surface area contributed by atoms with Gasteiger partial charge in [-0.25, -0.2) is 0 Å². The third-order valence-electron chi connectivity index (χ3n) is 3.80. The molecule has 2 aromatic carbocycles. The van der Waals surface area contributed by atoms with Crippen LogP contribution in [0.3, 0.4) is 0 Å². The summed E-state index contributed by atoms with van der Waals surface area (Å²) in [5, 5.41) is 21.9. The van der Waals surface area contributed by atoms with Gasteiger partial charge < -0.3 is 15.2 Å². The van der Waals surface area contributed by atoms with Crippen molar-refractivity contribution in [1.29, 1.82) is 5.26 Å². The Labute approximate surface area is 154 Å². The van der Waals surface area contributed by atoms with E-state index in [4.69, 9.17) is 4.74 Å². The van der Waals surface area contributed by atoms with Crippen LogP contribution in [0, 0.1) is 25.2 Å². The van der Waals surface area contributed by atoms with Crippen LogP contribution in [0.2, 0.25) is 0 Å². The molecule has 2 rings (SSSR count). The Hall–Kier alpha value is -2.78. The van der Waals surface area contributed by atoms with Crippen molar-refractivity contribution in [2.75, 3.05) is 12.4 Å². The molecular weight excluding hydrogens is 384 g/mol.